The van der Waals surface area contributed by atoms with Crippen LogP contribution in [0.15, 0.2) is 36.9 Å². The summed E-state index contributed by atoms with van der Waals surface area (Å²) in [7, 11) is 0. The zero-order valence-electron chi connectivity index (χ0n) is 12.8. The van der Waals surface area contributed by atoms with Gasteiger partial charge in [0, 0.05) is 24.4 Å². The maximum absolute atomic E-state index is 12.0. The Hall–Kier alpha value is -2.01. The van der Waals surface area contributed by atoms with E-state index in [0.717, 1.165) is 25.7 Å². The van der Waals surface area contributed by atoms with Crippen molar-refractivity contribution in [1.29, 1.82) is 0 Å². The summed E-state index contributed by atoms with van der Waals surface area (Å²) in [5.41, 5.74) is 0.697. The number of carbonyl (C=O) groups is 1. The molecular weight excluding hydrogens is 280 g/mol. The van der Waals surface area contributed by atoms with E-state index in [9.17, 15) is 4.79 Å². The highest BCUT2D eigenvalue weighted by molar-refractivity contribution is 5.89. The van der Waals surface area contributed by atoms with Gasteiger partial charge in [0.25, 0.3) is 0 Å². The van der Waals surface area contributed by atoms with Crippen LogP contribution >= 0.6 is 0 Å². The number of anilines is 1. The first-order valence-electron chi connectivity index (χ1n) is 7.73. The highest BCUT2D eigenvalue weighted by atomic mass is 16.5. The lowest BCUT2D eigenvalue weighted by molar-refractivity contribution is 0.176. The van der Waals surface area contributed by atoms with Crippen LogP contribution in [0.3, 0.4) is 0 Å². The Bertz CT molecular complexity index is 496. The number of nitrogens with one attached hydrogen (secondary N) is 2. The maximum atomic E-state index is 12.0. The minimum absolute atomic E-state index is 0.183. The van der Waals surface area contributed by atoms with Gasteiger partial charge in [0.15, 0.2) is 0 Å². The summed E-state index contributed by atoms with van der Waals surface area (Å²) in [5.74, 6) is 1.08. The molecule has 2 amide bonds. The van der Waals surface area contributed by atoms with Crippen molar-refractivity contribution in [2.24, 2.45) is 5.92 Å². The van der Waals surface area contributed by atoms with Crippen molar-refractivity contribution in [3.63, 3.8) is 0 Å². The molecule has 0 spiro atoms. The Kier molecular flexibility index (Phi) is 6.27. The largest absolute Gasteiger partial charge is 0.489 e. The van der Waals surface area contributed by atoms with Gasteiger partial charge in [0.1, 0.15) is 12.4 Å². The number of hydrogen-bond acceptors (Lipinski definition) is 3. The lowest BCUT2D eigenvalue weighted by Gasteiger charge is -2.27. The van der Waals surface area contributed by atoms with Crippen molar-refractivity contribution >= 4 is 11.7 Å². The van der Waals surface area contributed by atoms with E-state index in [1.807, 2.05) is 18.2 Å². The molecule has 1 aromatic rings. The van der Waals surface area contributed by atoms with E-state index in [1.165, 1.54) is 0 Å². The third-order valence-electron chi connectivity index (χ3n) is 3.90. The Morgan fingerprint density at radius 2 is 2.14 bits per heavy atom. The number of ether oxygens (including phenoxy) is 1. The van der Waals surface area contributed by atoms with Crippen LogP contribution in [-0.2, 0) is 0 Å². The second-order valence-corrected chi connectivity index (χ2v) is 5.63. The number of carbonyl (C=O) groups excluding carboxylic acids is 1. The van der Waals surface area contributed by atoms with Crippen LogP contribution in [0.4, 0.5) is 10.5 Å². The van der Waals surface area contributed by atoms with Crippen molar-refractivity contribution in [1.82, 2.24) is 5.32 Å². The van der Waals surface area contributed by atoms with E-state index in [1.54, 1.807) is 12.1 Å². The van der Waals surface area contributed by atoms with Crippen LogP contribution in [0.1, 0.15) is 25.7 Å². The standard InChI is InChI=1S/C17H24N2O3/c1-2-10-22-16-5-3-4-15(11-16)19-17(21)18-14-8-6-13(12-20)7-9-14/h2-5,11,13-14,20H,1,6-10,12H2,(H2,18,19,21). The van der Waals surface area contributed by atoms with Gasteiger partial charge in [-0.1, -0.05) is 18.7 Å². The van der Waals surface area contributed by atoms with Gasteiger partial charge in [-0.15, -0.1) is 0 Å². The lowest BCUT2D eigenvalue weighted by atomic mass is 9.87. The zero-order valence-corrected chi connectivity index (χ0v) is 12.8. The van der Waals surface area contributed by atoms with Crippen LogP contribution in [-0.4, -0.2) is 30.4 Å². The minimum atomic E-state index is -0.201. The average molecular weight is 304 g/mol. The number of amides is 2. The smallest absolute Gasteiger partial charge is 0.319 e. The van der Waals surface area contributed by atoms with Crippen LogP contribution in [0.25, 0.3) is 0 Å². The van der Waals surface area contributed by atoms with Gasteiger partial charge in [-0.25, -0.2) is 4.79 Å². The maximum Gasteiger partial charge on any atom is 0.319 e. The Labute approximate surface area is 131 Å². The van der Waals surface area contributed by atoms with Crippen molar-refractivity contribution in [2.45, 2.75) is 31.7 Å². The van der Waals surface area contributed by atoms with Crippen LogP contribution in [0.2, 0.25) is 0 Å². The van der Waals surface area contributed by atoms with E-state index in [0.29, 0.717) is 24.0 Å². The fourth-order valence-electron chi connectivity index (χ4n) is 2.66. The van der Waals surface area contributed by atoms with Crippen LogP contribution in [0.5, 0.6) is 5.75 Å². The first-order chi connectivity index (χ1) is 10.7. The third-order valence-corrected chi connectivity index (χ3v) is 3.90. The first-order valence-corrected chi connectivity index (χ1v) is 7.73. The second kappa shape index (κ2) is 8.44. The molecule has 1 saturated carbocycles. The van der Waals surface area contributed by atoms with E-state index < -0.39 is 0 Å². The highest BCUT2D eigenvalue weighted by Gasteiger charge is 2.21. The number of hydrogen-bond donors (Lipinski definition) is 3. The minimum Gasteiger partial charge on any atom is -0.489 e. The molecule has 0 bridgehead atoms. The summed E-state index contributed by atoms with van der Waals surface area (Å²) in [5, 5.41) is 14.9. The van der Waals surface area contributed by atoms with Gasteiger partial charge in [-0.05, 0) is 43.7 Å². The molecule has 120 valence electrons. The fraction of sp³-hybridized carbons (Fsp3) is 0.471. The van der Waals surface area contributed by atoms with Crippen molar-refractivity contribution in [3.05, 3.63) is 36.9 Å². The Morgan fingerprint density at radius 1 is 1.36 bits per heavy atom. The van der Waals surface area contributed by atoms with Crippen molar-refractivity contribution < 1.29 is 14.6 Å². The van der Waals surface area contributed by atoms with E-state index in [2.05, 4.69) is 17.2 Å². The molecule has 0 unspecified atom stereocenters. The average Bonchev–Trinajstić information content (AvgIpc) is 2.54. The van der Waals surface area contributed by atoms with Gasteiger partial charge in [0.05, 0.1) is 0 Å². The Balaban J connectivity index is 1.80. The summed E-state index contributed by atoms with van der Waals surface area (Å²) >= 11 is 0. The molecule has 0 atom stereocenters. The van der Waals surface area contributed by atoms with Crippen molar-refractivity contribution in [2.75, 3.05) is 18.5 Å². The monoisotopic (exact) mass is 304 g/mol. The van der Waals surface area contributed by atoms with Gasteiger partial charge in [0.2, 0.25) is 0 Å². The summed E-state index contributed by atoms with van der Waals surface area (Å²) in [4.78, 5) is 12.0. The highest BCUT2D eigenvalue weighted by Crippen LogP contribution is 2.24. The normalized spacial score (nSPS) is 21.0. The van der Waals surface area contributed by atoms with Gasteiger partial charge in [-0.2, -0.15) is 0 Å². The molecule has 1 aromatic carbocycles. The van der Waals surface area contributed by atoms with Gasteiger partial charge < -0.3 is 20.5 Å². The summed E-state index contributed by atoms with van der Waals surface area (Å²) in [6, 6.07) is 7.26. The quantitative estimate of drug-likeness (QED) is 0.708. The molecule has 5 nitrogen and oxygen atoms in total. The number of aliphatic hydroxyl groups excluding tert-OH is 1. The number of aliphatic hydroxyl groups is 1. The van der Waals surface area contributed by atoms with Crippen LogP contribution < -0.4 is 15.4 Å². The molecule has 1 fully saturated rings. The first kappa shape index (κ1) is 16.4. The topological polar surface area (TPSA) is 70.6 Å². The predicted octanol–water partition coefficient (Wildman–Crippen LogP) is 2.92. The molecule has 0 heterocycles. The van der Waals surface area contributed by atoms with E-state index >= 15 is 0 Å². The summed E-state index contributed by atoms with van der Waals surface area (Å²) in [6.07, 6.45) is 5.44. The fourth-order valence-corrected chi connectivity index (χ4v) is 2.66. The third kappa shape index (κ3) is 5.07. The number of benzene rings is 1. The second-order valence-electron chi connectivity index (χ2n) is 5.63. The molecular formula is C17H24N2O3. The molecule has 1 aliphatic rings. The molecule has 5 heteroatoms. The molecule has 22 heavy (non-hydrogen) atoms. The molecule has 0 aromatic heterocycles. The molecule has 1 aliphatic carbocycles. The van der Waals surface area contributed by atoms with E-state index in [4.69, 9.17) is 9.84 Å². The van der Waals surface area contributed by atoms with Gasteiger partial charge in [-0.3, -0.25) is 0 Å². The lowest BCUT2D eigenvalue weighted by Crippen LogP contribution is -2.40. The molecule has 0 saturated heterocycles. The van der Waals surface area contributed by atoms with Gasteiger partial charge >= 0.3 is 6.03 Å². The molecule has 3 N–H and O–H groups in total. The van der Waals surface area contributed by atoms with Crippen molar-refractivity contribution in [3.8, 4) is 5.75 Å². The summed E-state index contributed by atoms with van der Waals surface area (Å²) in [6.45, 7) is 4.28. The Morgan fingerprint density at radius 3 is 2.82 bits per heavy atom. The zero-order chi connectivity index (χ0) is 15.8. The number of urea groups is 1. The SMILES string of the molecule is C=CCOc1cccc(NC(=O)NC2CCC(CO)CC2)c1. The molecule has 0 aliphatic heterocycles. The van der Waals surface area contributed by atoms with E-state index in [-0.39, 0.29) is 18.7 Å². The molecule has 2 rings (SSSR count). The van der Waals surface area contributed by atoms with Crippen LogP contribution in [0, 0.1) is 5.92 Å². The summed E-state index contributed by atoms with van der Waals surface area (Å²) < 4.78 is 5.44. The molecule has 0 radical (unpaired) electrons. The predicted molar refractivity (Wildman–Crippen MR) is 87.1 cm³/mol. The number of rotatable bonds is 6.